The molecule has 0 aliphatic heterocycles. The van der Waals surface area contributed by atoms with Gasteiger partial charge in [-0.3, -0.25) is 4.79 Å². The SMILES string of the molecule is CCCC(CCO)CNC(=O)c1cc(-c2csc(C)n2)c[nH]1. The van der Waals surface area contributed by atoms with Crippen LogP contribution in [0.25, 0.3) is 11.3 Å². The molecule has 0 saturated carbocycles. The highest BCUT2D eigenvalue weighted by Gasteiger charge is 2.13. The van der Waals surface area contributed by atoms with Gasteiger partial charge in [0.05, 0.1) is 10.7 Å². The number of nitrogens with zero attached hydrogens (tertiary/aromatic N) is 1. The molecular weight excluding hydrogens is 298 g/mol. The highest BCUT2D eigenvalue weighted by Crippen LogP contribution is 2.22. The van der Waals surface area contributed by atoms with Crippen LogP contribution in [0, 0.1) is 12.8 Å². The Morgan fingerprint density at radius 1 is 1.50 bits per heavy atom. The van der Waals surface area contributed by atoms with Crippen molar-refractivity contribution < 1.29 is 9.90 Å². The molecule has 0 spiro atoms. The summed E-state index contributed by atoms with van der Waals surface area (Å²) in [5.41, 5.74) is 2.36. The first kappa shape index (κ1) is 16.7. The van der Waals surface area contributed by atoms with Crippen molar-refractivity contribution in [2.24, 2.45) is 5.92 Å². The molecule has 0 bridgehead atoms. The monoisotopic (exact) mass is 321 g/mol. The summed E-state index contributed by atoms with van der Waals surface area (Å²) in [5.74, 6) is 0.215. The van der Waals surface area contributed by atoms with Crippen molar-refractivity contribution in [3.05, 3.63) is 28.3 Å². The number of hydrogen-bond donors (Lipinski definition) is 3. The third-order valence-corrected chi connectivity index (χ3v) is 4.40. The van der Waals surface area contributed by atoms with Crippen molar-refractivity contribution in [3.63, 3.8) is 0 Å². The lowest BCUT2D eigenvalue weighted by atomic mass is 10.0. The molecule has 0 saturated heterocycles. The average Bonchev–Trinajstić information content (AvgIpc) is 3.13. The zero-order valence-corrected chi connectivity index (χ0v) is 13.9. The maximum Gasteiger partial charge on any atom is 0.267 e. The number of aromatic nitrogens is 2. The van der Waals surface area contributed by atoms with Gasteiger partial charge >= 0.3 is 0 Å². The molecule has 1 unspecified atom stereocenters. The van der Waals surface area contributed by atoms with Gasteiger partial charge in [-0.2, -0.15) is 0 Å². The van der Waals surface area contributed by atoms with E-state index < -0.39 is 0 Å². The predicted molar refractivity (Wildman–Crippen MR) is 89.1 cm³/mol. The second-order valence-corrected chi connectivity index (χ2v) is 6.49. The van der Waals surface area contributed by atoms with Crippen LogP contribution in [0.3, 0.4) is 0 Å². The van der Waals surface area contributed by atoms with E-state index in [9.17, 15) is 4.79 Å². The number of aromatic amines is 1. The maximum absolute atomic E-state index is 12.2. The van der Waals surface area contributed by atoms with Gasteiger partial charge in [-0.25, -0.2) is 4.98 Å². The number of aliphatic hydroxyl groups excluding tert-OH is 1. The molecule has 2 rings (SSSR count). The Morgan fingerprint density at radius 3 is 2.95 bits per heavy atom. The van der Waals surface area contributed by atoms with Crippen LogP contribution in [0.4, 0.5) is 0 Å². The fourth-order valence-electron chi connectivity index (χ4n) is 2.44. The second-order valence-electron chi connectivity index (χ2n) is 5.43. The largest absolute Gasteiger partial charge is 0.396 e. The van der Waals surface area contributed by atoms with E-state index in [1.165, 1.54) is 0 Å². The molecule has 120 valence electrons. The summed E-state index contributed by atoms with van der Waals surface area (Å²) in [6, 6.07) is 1.82. The number of amides is 1. The van der Waals surface area contributed by atoms with Crippen molar-refractivity contribution in [1.82, 2.24) is 15.3 Å². The van der Waals surface area contributed by atoms with Gasteiger partial charge in [0, 0.05) is 30.3 Å². The number of aryl methyl sites for hydroxylation is 1. The number of nitrogens with one attached hydrogen (secondary N) is 2. The van der Waals surface area contributed by atoms with E-state index >= 15 is 0 Å². The number of hydrogen-bond acceptors (Lipinski definition) is 4. The molecule has 6 heteroatoms. The van der Waals surface area contributed by atoms with E-state index in [2.05, 4.69) is 22.2 Å². The van der Waals surface area contributed by atoms with Gasteiger partial charge in [0.2, 0.25) is 0 Å². The van der Waals surface area contributed by atoms with E-state index in [-0.39, 0.29) is 12.5 Å². The first-order valence-corrected chi connectivity index (χ1v) is 8.52. The van der Waals surface area contributed by atoms with Gasteiger partial charge in [0.15, 0.2) is 0 Å². The fraction of sp³-hybridized carbons (Fsp3) is 0.500. The first-order chi connectivity index (χ1) is 10.6. The quantitative estimate of drug-likeness (QED) is 0.699. The summed E-state index contributed by atoms with van der Waals surface area (Å²) in [4.78, 5) is 19.6. The Hall–Kier alpha value is -1.66. The van der Waals surface area contributed by atoms with E-state index in [0.717, 1.165) is 35.5 Å². The summed E-state index contributed by atoms with van der Waals surface area (Å²) >= 11 is 1.59. The van der Waals surface area contributed by atoms with Gasteiger partial charge in [-0.1, -0.05) is 13.3 Å². The molecular formula is C16H23N3O2S. The summed E-state index contributed by atoms with van der Waals surface area (Å²) < 4.78 is 0. The molecule has 2 aromatic heterocycles. The molecule has 0 aliphatic carbocycles. The minimum atomic E-state index is -0.114. The third kappa shape index (κ3) is 4.42. The molecule has 2 heterocycles. The Balaban J connectivity index is 1.94. The molecule has 0 radical (unpaired) electrons. The Kier molecular flexibility index (Phi) is 6.15. The van der Waals surface area contributed by atoms with E-state index in [0.29, 0.717) is 18.2 Å². The maximum atomic E-state index is 12.2. The number of thiazole rings is 1. The summed E-state index contributed by atoms with van der Waals surface area (Å²) in [5, 5.41) is 15.0. The average molecular weight is 321 g/mol. The standard InChI is InChI=1S/C16H23N3O2S/c1-3-4-12(5-6-20)8-18-16(21)14-7-13(9-17-14)15-10-22-11(2)19-15/h7,9-10,12,17,20H,3-6,8H2,1-2H3,(H,18,21). The normalized spacial score (nSPS) is 12.3. The topological polar surface area (TPSA) is 78.0 Å². The second kappa shape index (κ2) is 8.10. The highest BCUT2D eigenvalue weighted by molar-refractivity contribution is 7.09. The Labute approximate surface area is 134 Å². The molecule has 0 aliphatic rings. The van der Waals surface area contributed by atoms with Gasteiger partial charge in [0.1, 0.15) is 5.69 Å². The minimum absolute atomic E-state index is 0.114. The fourth-order valence-corrected chi connectivity index (χ4v) is 3.06. The Morgan fingerprint density at radius 2 is 2.32 bits per heavy atom. The first-order valence-electron chi connectivity index (χ1n) is 7.64. The van der Waals surface area contributed by atoms with Crippen molar-refractivity contribution in [2.75, 3.05) is 13.2 Å². The lowest BCUT2D eigenvalue weighted by Gasteiger charge is -2.15. The van der Waals surface area contributed by atoms with Crippen LogP contribution in [-0.2, 0) is 0 Å². The van der Waals surface area contributed by atoms with Crippen LogP contribution >= 0.6 is 11.3 Å². The summed E-state index contributed by atoms with van der Waals surface area (Å²) in [6.45, 7) is 4.83. The molecule has 0 aromatic carbocycles. The van der Waals surface area contributed by atoms with Crippen LogP contribution < -0.4 is 5.32 Å². The summed E-state index contributed by atoms with van der Waals surface area (Å²) in [6.07, 6.45) is 4.59. The predicted octanol–water partition coefficient (Wildman–Crippen LogP) is 2.98. The van der Waals surface area contributed by atoms with Crippen molar-refractivity contribution >= 4 is 17.2 Å². The van der Waals surface area contributed by atoms with Crippen LogP contribution in [-0.4, -0.2) is 34.1 Å². The Bertz CT molecular complexity index is 600. The minimum Gasteiger partial charge on any atom is -0.396 e. The number of rotatable bonds is 8. The smallest absolute Gasteiger partial charge is 0.267 e. The molecule has 1 atom stereocenters. The molecule has 2 aromatic rings. The van der Waals surface area contributed by atoms with E-state index in [1.807, 2.05) is 18.4 Å². The number of aliphatic hydroxyl groups is 1. The van der Waals surface area contributed by atoms with Crippen LogP contribution in [0.15, 0.2) is 17.6 Å². The molecule has 1 amide bonds. The molecule has 0 fully saturated rings. The van der Waals surface area contributed by atoms with Gasteiger partial charge in [-0.15, -0.1) is 11.3 Å². The summed E-state index contributed by atoms with van der Waals surface area (Å²) in [7, 11) is 0. The van der Waals surface area contributed by atoms with Gasteiger partial charge in [0.25, 0.3) is 5.91 Å². The van der Waals surface area contributed by atoms with Gasteiger partial charge in [-0.05, 0) is 31.7 Å². The lowest BCUT2D eigenvalue weighted by Crippen LogP contribution is -2.30. The van der Waals surface area contributed by atoms with Crippen molar-refractivity contribution in [2.45, 2.75) is 33.1 Å². The zero-order valence-electron chi connectivity index (χ0n) is 13.1. The van der Waals surface area contributed by atoms with Crippen LogP contribution in [0.2, 0.25) is 0 Å². The highest BCUT2D eigenvalue weighted by atomic mass is 32.1. The number of carbonyl (C=O) groups excluding carboxylic acids is 1. The van der Waals surface area contributed by atoms with Crippen molar-refractivity contribution in [3.8, 4) is 11.3 Å². The zero-order chi connectivity index (χ0) is 15.9. The number of H-pyrrole nitrogens is 1. The van der Waals surface area contributed by atoms with Crippen LogP contribution in [0.5, 0.6) is 0 Å². The van der Waals surface area contributed by atoms with Gasteiger partial charge < -0.3 is 15.4 Å². The van der Waals surface area contributed by atoms with Crippen LogP contribution in [0.1, 0.15) is 41.7 Å². The number of carbonyl (C=O) groups is 1. The van der Waals surface area contributed by atoms with E-state index in [1.54, 1.807) is 17.5 Å². The third-order valence-electron chi connectivity index (χ3n) is 3.63. The van der Waals surface area contributed by atoms with E-state index in [4.69, 9.17) is 5.11 Å². The molecule has 5 nitrogen and oxygen atoms in total. The lowest BCUT2D eigenvalue weighted by molar-refractivity contribution is 0.0938. The molecule has 3 N–H and O–H groups in total. The molecule has 22 heavy (non-hydrogen) atoms. The van der Waals surface area contributed by atoms with Crippen molar-refractivity contribution in [1.29, 1.82) is 0 Å².